The van der Waals surface area contributed by atoms with Crippen LogP contribution in [0.5, 0.6) is 0 Å². The molecule has 5 heterocycles. The highest BCUT2D eigenvalue weighted by molar-refractivity contribution is 5.26. The normalized spacial score (nSPS) is 54.9. The van der Waals surface area contributed by atoms with Crippen molar-refractivity contribution in [1.29, 1.82) is 0 Å². The van der Waals surface area contributed by atoms with Crippen LogP contribution >= 0.6 is 0 Å². The summed E-state index contributed by atoms with van der Waals surface area (Å²) >= 11 is 0. The summed E-state index contributed by atoms with van der Waals surface area (Å²) in [5.41, 5.74) is 1.02. The molecule has 8 fully saturated rings. The fraction of sp³-hybridized carbons (Fsp3) is 0.961. The molecule has 0 aromatic rings. The predicted molar refractivity (Wildman–Crippen MR) is 250 cm³/mol. The van der Waals surface area contributed by atoms with Crippen molar-refractivity contribution in [3.63, 3.8) is 0 Å². The fourth-order valence-corrected chi connectivity index (χ4v) is 15.0. The van der Waals surface area contributed by atoms with Crippen molar-refractivity contribution in [1.82, 2.24) is 0 Å². The molecule has 5 saturated heterocycles. The van der Waals surface area contributed by atoms with Crippen LogP contribution in [0, 0.1) is 46.3 Å². The minimum absolute atomic E-state index is 0.0705. The number of hydrogen-bond acceptors (Lipinski definition) is 23. The standard InChI is InChI=1S/C51H84O23/c1-20(19-66-45-39(61)37(59)34(56)29(16-52)69-45)8-13-51(65)21(2)32-28(74-51)15-27-25-7-6-23-14-24(9-11-49(23,4)26(25)10-12-50(27,32)5)68-48-44(73-46-40(62)36(58)33(55)22(3)67-46)42(64)43(31(18-54)71-48)72-47-41(63)38(60)35(57)30(17-53)70-47/h6,20-22,24-48,52-65H,7-19H2,1-5H3/t20-,21+,22?,24?,25-,26+,27+,28?,29?,30?,31?,32-,33+,34-,35-,36?,37?,38?,39?,40?,41?,42?,43-,44?,45-,46+,47+,48-,49+,50+,51?/m1/s1. The van der Waals surface area contributed by atoms with Crippen LogP contribution in [0.3, 0.4) is 0 Å². The van der Waals surface area contributed by atoms with Crippen LogP contribution in [0.15, 0.2) is 11.6 Å². The van der Waals surface area contributed by atoms with Gasteiger partial charge in [0.05, 0.1) is 44.7 Å². The Morgan fingerprint density at radius 2 is 1.22 bits per heavy atom. The zero-order chi connectivity index (χ0) is 53.5. The summed E-state index contributed by atoms with van der Waals surface area (Å²) in [7, 11) is 0. The number of aliphatic hydroxyl groups excluding tert-OH is 13. The van der Waals surface area contributed by atoms with Gasteiger partial charge in [0.25, 0.3) is 0 Å². The van der Waals surface area contributed by atoms with E-state index in [1.165, 1.54) is 12.5 Å². The van der Waals surface area contributed by atoms with Gasteiger partial charge < -0.3 is 114 Å². The molecule has 0 amide bonds. The van der Waals surface area contributed by atoms with Crippen molar-refractivity contribution >= 4 is 0 Å². The van der Waals surface area contributed by atoms with Gasteiger partial charge in [0.15, 0.2) is 30.9 Å². The van der Waals surface area contributed by atoms with E-state index in [-0.39, 0.29) is 41.3 Å². The van der Waals surface area contributed by atoms with E-state index in [9.17, 15) is 71.5 Å². The fourth-order valence-electron chi connectivity index (χ4n) is 15.0. The number of hydrogen-bond donors (Lipinski definition) is 14. The lowest BCUT2D eigenvalue weighted by Gasteiger charge is -2.58. The summed E-state index contributed by atoms with van der Waals surface area (Å²) in [6.07, 6.45) is -22.1. The van der Waals surface area contributed by atoms with Crippen molar-refractivity contribution in [2.24, 2.45) is 46.3 Å². The highest BCUT2D eigenvalue weighted by Gasteiger charge is 2.68. The molecule has 23 heteroatoms. The molecule has 3 saturated carbocycles. The van der Waals surface area contributed by atoms with Gasteiger partial charge in [-0.15, -0.1) is 0 Å². The molecular weight excluding hydrogens is 981 g/mol. The summed E-state index contributed by atoms with van der Waals surface area (Å²) in [5.74, 6) is -0.310. The van der Waals surface area contributed by atoms with Crippen molar-refractivity contribution in [3.8, 4) is 0 Å². The monoisotopic (exact) mass is 1060 g/mol. The van der Waals surface area contributed by atoms with Gasteiger partial charge >= 0.3 is 0 Å². The lowest BCUT2D eigenvalue weighted by molar-refractivity contribution is -0.389. The summed E-state index contributed by atoms with van der Waals surface area (Å²) in [6.45, 7) is 8.35. The minimum atomic E-state index is -1.85. The Bertz CT molecular complexity index is 1920. The third-order valence-corrected chi connectivity index (χ3v) is 19.5. The lowest BCUT2D eigenvalue weighted by Crippen LogP contribution is -2.67. The Hall–Kier alpha value is -1.18. The van der Waals surface area contributed by atoms with Crippen molar-refractivity contribution in [2.45, 2.75) is 233 Å². The van der Waals surface area contributed by atoms with Crippen LogP contribution < -0.4 is 0 Å². The van der Waals surface area contributed by atoms with Gasteiger partial charge in [-0.25, -0.2) is 0 Å². The Balaban J connectivity index is 0.849. The van der Waals surface area contributed by atoms with Gasteiger partial charge in [0, 0.05) is 12.3 Å². The first-order valence-electron chi connectivity index (χ1n) is 26.9. The van der Waals surface area contributed by atoms with Crippen molar-refractivity contribution in [3.05, 3.63) is 11.6 Å². The Kier molecular flexibility index (Phi) is 17.4. The molecule has 15 unspecified atom stereocenters. The number of ether oxygens (including phenoxy) is 9. The summed E-state index contributed by atoms with van der Waals surface area (Å²) in [4.78, 5) is 0. The predicted octanol–water partition coefficient (Wildman–Crippen LogP) is -3.01. The molecule has 9 aliphatic rings. The first-order valence-corrected chi connectivity index (χ1v) is 26.9. The maximum Gasteiger partial charge on any atom is 0.187 e. The topological polar surface area (TPSA) is 366 Å². The smallest absolute Gasteiger partial charge is 0.187 e. The van der Waals surface area contributed by atoms with E-state index in [1.807, 2.05) is 6.92 Å². The van der Waals surface area contributed by atoms with E-state index >= 15 is 0 Å². The van der Waals surface area contributed by atoms with E-state index < -0.39 is 155 Å². The second kappa shape index (κ2) is 22.4. The molecule has 74 heavy (non-hydrogen) atoms. The maximum atomic E-state index is 12.1. The van der Waals surface area contributed by atoms with Gasteiger partial charge in [-0.3, -0.25) is 0 Å². The second-order valence-electron chi connectivity index (χ2n) is 23.8. The van der Waals surface area contributed by atoms with Crippen molar-refractivity contribution in [2.75, 3.05) is 26.4 Å². The quantitative estimate of drug-likeness (QED) is 0.0727. The number of allylic oxidation sites excluding steroid dienone is 1. The third-order valence-electron chi connectivity index (χ3n) is 19.5. The first-order chi connectivity index (χ1) is 35.0. The molecule has 0 radical (unpaired) electrons. The van der Waals surface area contributed by atoms with E-state index in [0.717, 1.165) is 32.1 Å². The average Bonchev–Trinajstić information content (AvgIpc) is 3.82. The Morgan fingerprint density at radius 1 is 0.635 bits per heavy atom. The lowest BCUT2D eigenvalue weighted by atomic mass is 9.47. The largest absolute Gasteiger partial charge is 0.394 e. The van der Waals surface area contributed by atoms with E-state index in [4.69, 9.17) is 42.6 Å². The Morgan fingerprint density at radius 3 is 1.86 bits per heavy atom. The molecule has 0 spiro atoms. The molecule has 9 rings (SSSR count). The van der Waals surface area contributed by atoms with Crippen LogP contribution in [-0.4, -0.2) is 239 Å². The van der Waals surface area contributed by atoms with Crippen LogP contribution in [0.25, 0.3) is 0 Å². The third kappa shape index (κ3) is 10.2. The SMILES string of the molecule is CC1O[C@@H](OC2C(O)[C@H](O[C@@H]3OC(CO)[C@@H](O)C(O)C3O)C(CO)O[C@H]2OC2CC[C@@]3(C)C(=CC[C@H]4[C@@H]5CC6OC(O)(CC[C@@H](C)CO[C@@H]7OC(CO)[C@@H](O)C(O)C7O)[C@@H](C)[C@H]6[C@@]5(C)CC[C@@H]43)C2)C(O)C(O)[C@H]1O. The zero-order valence-electron chi connectivity index (χ0n) is 42.9. The van der Waals surface area contributed by atoms with Crippen LogP contribution in [0.2, 0.25) is 0 Å². The molecule has 0 bridgehead atoms. The molecular formula is C51H84O23. The summed E-state index contributed by atoms with van der Waals surface area (Å²) < 4.78 is 54.4. The highest BCUT2D eigenvalue weighted by atomic mass is 16.8. The molecule has 0 aromatic heterocycles. The summed E-state index contributed by atoms with van der Waals surface area (Å²) in [6, 6.07) is 0. The highest BCUT2D eigenvalue weighted by Crippen LogP contribution is 2.70. The number of rotatable bonds is 15. The van der Waals surface area contributed by atoms with Crippen LogP contribution in [0.4, 0.5) is 0 Å². The second-order valence-corrected chi connectivity index (χ2v) is 23.8. The van der Waals surface area contributed by atoms with E-state index in [1.54, 1.807) is 0 Å². The van der Waals surface area contributed by atoms with Crippen LogP contribution in [-0.2, 0) is 42.6 Å². The van der Waals surface area contributed by atoms with E-state index in [0.29, 0.717) is 43.4 Å². The molecule has 4 aliphatic carbocycles. The molecule has 14 N–H and O–H groups in total. The average molecular weight is 1070 g/mol. The van der Waals surface area contributed by atoms with Crippen molar-refractivity contribution < 1.29 is 114 Å². The molecule has 31 atom stereocenters. The van der Waals surface area contributed by atoms with Crippen LogP contribution in [0.1, 0.15) is 92.4 Å². The van der Waals surface area contributed by atoms with E-state index in [2.05, 4.69) is 26.8 Å². The van der Waals surface area contributed by atoms with Gasteiger partial charge in [-0.1, -0.05) is 39.3 Å². The van der Waals surface area contributed by atoms with Gasteiger partial charge in [-0.05, 0) is 98.7 Å². The van der Waals surface area contributed by atoms with Gasteiger partial charge in [0.2, 0.25) is 0 Å². The molecule has 23 nitrogen and oxygen atoms in total. The molecule has 426 valence electrons. The molecule has 0 aromatic carbocycles. The number of fused-ring (bicyclic) bond motifs is 7. The number of aliphatic hydroxyl groups is 14. The van der Waals surface area contributed by atoms with Gasteiger partial charge in [-0.2, -0.15) is 0 Å². The maximum absolute atomic E-state index is 12.1. The van der Waals surface area contributed by atoms with Gasteiger partial charge in [0.1, 0.15) is 91.6 Å². The molecule has 5 aliphatic heterocycles. The minimum Gasteiger partial charge on any atom is -0.394 e. The first kappa shape index (κ1) is 57.5. The Labute approximate surface area is 430 Å². The summed E-state index contributed by atoms with van der Waals surface area (Å²) in [5, 5.41) is 148. The zero-order valence-corrected chi connectivity index (χ0v) is 42.9.